The number of aryl methyl sites for hydroxylation is 2. The Kier molecular flexibility index (Phi) is 8.02. The molecule has 0 N–H and O–H groups in total. The van der Waals surface area contributed by atoms with E-state index in [2.05, 4.69) is 4.98 Å². The van der Waals surface area contributed by atoms with Gasteiger partial charge >= 0.3 is 11.9 Å². The summed E-state index contributed by atoms with van der Waals surface area (Å²) in [4.78, 5) is 27.7. The van der Waals surface area contributed by atoms with Crippen LogP contribution >= 0.6 is 0 Å². The third-order valence-electron chi connectivity index (χ3n) is 4.72. The molecule has 7 nitrogen and oxygen atoms in total. The van der Waals surface area contributed by atoms with E-state index in [9.17, 15) is 9.59 Å². The predicted octanol–water partition coefficient (Wildman–Crippen LogP) is 4.69. The molecule has 0 amide bonds. The monoisotopic (exact) mass is 437 g/mol. The van der Waals surface area contributed by atoms with Gasteiger partial charge in [0.1, 0.15) is 17.3 Å². The molecule has 3 aromatic rings. The number of esters is 2. The molecule has 0 saturated carbocycles. The molecule has 0 atom stereocenters. The molecule has 0 aliphatic rings. The van der Waals surface area contributed by atoms with Crippen molar-refractivity contribution in [3.63, 3.8) is 0 Å². The van der Waals surface area contributed by atoms with Crippen LogP contribution in [-0.2, 0) is 27.2 Å². The molecule has 0 aliphatic carbocycles. The van der Waals surface area contributed by atoms with Crippen LogP contribution in [0.4, 0.5) is 0 Å². The van der Waals surface area contributed by atoms with Crippen molar-refractivity contribution in [1.29, 1.82) is 0 Å². The minimum Gasteiger partial charge on any atom is -0.493 e. The Balaban J connectivity index is 1.63. The zero-order valence-electron chi connectivity index (χ0n) is 18.6. The van der Waals surface area contributed by atoms with Crippen molar-refractivity contribution >= 4 is 11.9 Å². The summed E-state index contributed by atoms with van der Waals surface area (Å²) in [6.07, 6.45) is 1.18. The third kappa shape index (κ3) is 6.44. The number of hydrogen-bond acceptors (Lipinski definition) is 7. The van der Waals surface area contributed by atoms with Crippen LogP contribution in [-0.4, -0.2) is 30.1 Å². The van der Waals surface area contributed by atoms with Crippen LogP contribution in [0.15, 0.2) is 52.9 Å². The lowest BCUT2D eigenvalue weighted by Gasteiger charge is -2.12. The molecule has 2 aromatic carbocycles. The molecule has 7 heteroatoms. The van der Waals surface area contributed by atoms with Gasteiger partial charge in [-0.25, -0.2) is 4.98 Å². The van der Waals surface area contributed by atoms with E-state index >= 15 is 0 Å². The standard InChI is InChI=1S/C25H27NO6/c1-4-29-24(28)13-11-19-10-12-21(16-23(19)32-18(3)27)30-15-14-22-17(2)31-25(26-22)20-8-6-5-7-9-20/h5-10,12,16H,4,11,13-15H2,1-3H3. The van der Waals surface area contributed by atoms with E-state index in [1.165, 1.54) is 6.92 Å². The molecule has 168 valence electrons. The zero-order chi connectivity index (χ0) is 22.9. The van der Waals surface area contributed by atoms with E-state index in [0.29, 0.717) is 43.4 Å². The second-order valence-electron chi connectivity index (χ2n) is 7.15. The SMILES string of the molecule is CCOC(=O)CCc1ccc(OCCc2nc(-c3ccccc3)oc2C)cc1OC(C)=O. The maximum absolute atomic E-state index is 11.6. The number of aromatic nitrogens is 1. The summed E-state index contributed by atoms with van der Waals surface area (Å²) >= 11 is 0. The summed E-state index contributed by atoms with van der Waals surface area (Å²) in [5.41, 5.74) is 2.49. The summed E-state index contributed by atoms with van der Waals surface area (Å²) in [5.74, 6) is 1.54. The van der Waals surface area contributed by atoms with Crippen molar-refractivity contribution in [3.05, 3.63) is 65.5 Å². The largest absolute Gasteiger partial charge is 0.493 e. The van der Waals surface area contributed by atoms with E-state index in [1.54, 1.807) is 25.1 Å². The highest BCUT2D eigenvalue weighted by atomic mass is 16.5. The Bertz CT molecular complexity index is 1060. The minimum atomic E-state index is -0.439. The van der Waals surface area contributed by atoms with Gasteiger partial charge in [0.2, 0.25) is 5.89 Å². The van der Waals surface area contributed by atoms with Crippen molar-refractivity contribution in [2.45, 2.75) is 40.0 Å². The first-order valence-electron chi connectivity index (χ1n) is 10.6. The molecule has 0 aliphatic heterocycles. The van der Waals surface area contributed by atoms with Gasteiger partial charge in [0, 0.05) is 31.4 Å². The van der Waals surface area contributed by atoms with Crippen LogP contribution in [0.3, 0.4) is 0 Å². The topological polar surface area (TPSA) is 87.9 Å². The smallest absolute Gasteiger partial charge is 0.308 e. The molecular weight excluding hydrogens is 410 g/mol. The molecule has 1 heterocycles. The number of carbonyl (C=O) groups is 2. The van der Waals surface area contributed by atoms with Crippen LogP contribution in [0, 0.1) is 6.92 Å². The molecule has 0 spiro atoms. The highest BCUT2D eigenvalue weighted by molar-refractivity contribution is 5.71. The molecule has 32 heavy (non-hydrogen) atoms. The van der Waals surface area contributed by atoms with Crippen LogP contribution in [0.5, 0.6) is 11.5 Å². The minimum absolute atomic E-state index is 0.206. The maximum Gasteiger partial charge on any atom is 0.308 e. The second-order valence-corrected chi connectivity index (χ2v) is 7.15. The number of carbonyl (C=O) groups excluding carboxylic acids is 2. The van der Waals surface area contributed by atoms with E-state index in [-0.39, 0.29) is 12.4 Å². The number of rotatable bonds is 10. The first kappa shape index (κ1) is 23.1. The van der Waals surface area contributed by atoms with E-state index in [0.717, 1.165) is 22.6 Å². The van der Waals surface area contributed by atoms with Crippen molar-refractivity contribution in [1.82, 2.24) is 4.98 Å². The molecule has 0 bridgehead atoms. The highest BCUT2D eigenvalue weighted by Crippen LogP contribution is 2.27. The van der Waals surface area contributed by atoms with Crippen LogP contribution < -0.4 is 9.47 Å². The maximum atomic E-state index is 11.6. The number of nitrogens with zero attached hydrogens (tertiary/aromatic N) is 1. The van der Waals surface area contributed by atoms with Crippen molar-refractivity contribution in [3.8, 4) is 23.0 Å². The molecular formula is C25H27NO6. The fraction of sp³-hybridized carbons (Fsp3) is 0.320. The Morgan fingerprint density at radius 1 is 1.06 bits per heavy atom. The van der Waals surface area contributed by atoms with Gasteiger partial charge in [0.25, 0.3) is 0 Å². The van der Waals surface area contributed by atoms with E-state index in [1.807, 2.05) is 37.3 Å². The summed E-state index contributed by atoms with van der Waals surface area (Å²) in [6, 6.07) is 15.0. The Morgan fingerprint density at radius 2 is 1.84 bits per heavy atom. The van der Waals surface area contributed by atoms with Crippen LogP contribution in [0.25, 0.3) is 11.5 Å². The lowest BCUT2D eigenvalue weighted by Crippen LogP contribution is -2.08. The molecule has 0 radical (unpaired) electrons. The predicted molar refractivity (Wildman–Crippen MR) is 119 cm³/mol. The first-order valence-corrected chi connectivity index (χ1v) is 10.6. The molecule has 1 aromatic heterocycles. The van der Waals surface area contributed by atoms with Gasteiger partial charge in [-0.05, 0) is 44.0 Å². The molecule has 0 fully saturated rings. The van der Waals surface area contributed by atoms with Gasteiger partial charge in [0.05, 0.1) is 18.9 Å². The second kappa shape index (κ2) is 11.1. The first-order chi connectivity index (χ1) is 15.5. The number of benzene rings is 2. The van der Waals surface area contributed by atoms with Gasteiger partial charge in [-0.1, -0.05) is 24.3 Å². The van der Waals surface area contributed by atoms with E-state index in [4.69, 9.17) is 18.6 Å². The fourth-order valence-corrected chi connectivity index (χ4v) is 3.18. The Morgan fingerprint density at radius 3 is 2.56 bits per heavy atom. The molecule has 0 unspecified atom stereocenters. The summed E-state index contributed by atoms with van der Waals surface area (Å²) < 4.78 is 21.9. The summed E-state index contributed by atoms with van der Waals surface area (Å²) in [6.45, 7) is 5.69. The fourth-order valence-electron chi connectivity index (χ4n) is 3.18. The molecule has 3 rings (SSSR count). The van der Waals surface area contributed by atoms with Gasteiger partial charge < -0.3 is 18.6 Å². The Labute approximate surface area is 187 Å². The van der Waals surface area contributed by atoms with E-state index < -0.39 is 5.97 Å². The van der Waals surface area contributed by atoms with Crippen molar-refractivity contribution in [2.75, 3.05) is 13.2 Å². The average Bonchev–Trinajstić information content (AvgIpc) is 3.14. The third-order valence-corrected chi connectivity index (χ3v) is 4.72. The van der Waals surface area contributed by atoms with Crippen LogP contribution in [0.2, 0.25) is 0 Å². The van der Waals surface area contributed by atoms with Crippen molar-refractivity contribution in [2.24, 2.45) is 0 Å². The quantitative estimate of drug-likeness (QED) is 0.336. The highest BCUT2D eigenvalue weighted by Gasteiger charge is 2.13. The average molecular weight is 437 g/mol. The normalized spacial score (nSPS) is 10.6. The van der Waals surface area contributed by atoms with Gasteiger partial charge in [-0.15, -0.1) is 0 Å². The zero-order valence-corrected chi connectivity index (χ0v) is 18.6. The van der Waals surface area contributed by atoms with Gasteiger partial charge in [-0.2, -0.15) is 0 Å². The summed E-state index contributed by atoms with van der Waals surface area (Å²) in [7, 11) is 0. The van der Waals surface area contributed by atoms with Crippen LogP contribution in [0.1, 0.15) is 37.3 Å². The lowest BCUT2D eigenvalue weighted by atomic mass is 10.1. The summed E-state index contributed by atoms with van der Waals surface area (Å²) in [5, 5.41) is 0. The van der Waals surface area contributed by atoms with Gasteiger partial charge in [0.15, 0.2) is 0 Å². The number of hydrogen-bond donors (Lipinski definition) is 0. The van der Waals surface area contributed by atoms with Gasteiger partial charge in [-0.3, -0.25) is 9.59 Å². The lowest BCUT2D eigenvalue weighted by molar-refractivity contribution is -0.143. The number of ether oxygens (including phenoxy) is 3. The Hall–Kier alpha value is -3.61. The molecule has 0 saturated heterocycles. The van der Waals surface area contributed by atoms with Crippen molar-refractivity contribution < 1.29 is 28.2 Å². The number of oxazole rings is 1.